The van der Waals surface area contributed by atoms with Gasteiger partial charge in [-0.05, 0) is 37.3 Å². The lowest BCUT2D eigenvalue weighted by molar-refractivity contribution is -0.140. The van der Waals surface area contributed by atoms with Crippen LogP contribution in [0.4, 0.5) is 0 Å². The monoisotopic (exact) mass is 295 g/mol. The lowest BCUT2D eigenvalue weighted by Gasteiger charge is -2.36. The number of carboxylic acid groups (broad SMARTS) is 1. The maximum absolute atomic E-state index is 12.1. The number of hydrogen-bond donors (Lipinski definition) is 2. The molecule has 1 aliphatic rings. The van der Waals surface area contributed by atoms with Gasteiger partial charge in [0.1, 0.15) is 0 Å². The van der Waals surface area contributed by atoms with E-state index in [9.17, 15) is 9.59 Å². The smallest absolute Gasteiger partial charge is 0.303 e. The van der Waals surface area contributed by atoms with Gasteiger partial charge in [-0.2, -0.15) is 0 Å². The molecule has 1 fully saturated rings. The van der Waals surface area contributed by atoms with Gasteiger partial charge in [-0.1, -0.05) is 19.3 Å². The zero-order chi connectivity index (χ0) is 14.6. The molecule has 0 unspecified atom stereocenters. The van der Waals surface area contributed by atoms with E-state index in [1.807, 2.05) is 19.1 Å². The van der Waals surface area contributed by atoms with Crippen LogP contribution in [0.15, 0.2) is 12.1 Å². The maximum Gasteiger partial charge on any atom is 0.303 e. The van der Waals surface area contributed by atoms with Gasteiger partial charge >= 0.3 is 5.97 Å². The average molecular weight is 295 g/mol. The van der Waals surface area contributed by atoms with E-state index in [4.69, 9.17) is 5.11 Å². The molecule has 0 bridgehead atoms. The number of aryl methyl sites for hydroxylation is 1. The van der Waals surface area contributed by atoms with Crippen molar-refractivity contribution in [1.29, 1.82) is 0 Å². The first-order chi connectivity index (χ1) is 9.51. The minimum absolute atomic E-state index is 0.0848. The fourth-order valence-corrected chi connectivity index (χ4v) is 3.73. The molecule has 1 amide bonds. The van der Waals surface area contributed by atoms with E-state index in [2.05, 4.69) is 5.32 Å². The Kier molecular flexibility index (Phi) is 4.81. The van der Waals surface area contributed by atoms with Crippen molar-refractivity contribution in [2.45, 2.75) is 45.4 Å². The van der Waals surface area contributed by atoms with Gasteiger partial charge in [-0.15, -0.1) is 11.3 Å². The lowest BCUT2D eigenvalue weighted by Crippen LogP contribution is -2.40. The van der Waals surface area contributed by atoms with E-state index in [1.165, 1.54) is 17.8 Å². The Balaban J connectivity index is 1.97. The van der Waals surface area contributed by atoms with Crippen molar-refractivity contribution >= 4 is 23.2 Å². The molecule has 1 heterocycles. The molecule has 1 aliphatic carbocycles. The van der Waals surface area contributed by atoms with Crippen LogP contribution in [0.5, 0.6) is 0 Å². The number of aliphatic carboxylic acids is 1. The predicted octanol–water partition coefficient (Wildman–Crippen LogP) is 3.21. The van der Waals surface area contributed by atoms with Gasteiger partial charge in [0, 0.05) is 11.4 Å². The molecule has 2 N–H and O–H groups in total. The van der Waals surface area contributed by atoms with E-state index >= 15 is 0 Å². The minimum Gasteiger partial charge on any atom is -0.481 e. The normalized spacial score (nSPS) is 17.6. The van der Waals surface area contributed by atoms with Crippen LogP contribution >= 0.6 is 11.3 Å². The summed E-state index contributed by atoms with van der Waals surface area (Å²) in [7, 11) is 0. The number of nitrogens with one attached hydrogen (secondary N) is 1. The highest BCUT2D eigenvalue weighted by Crippen LogP contribution is 2.38. The summed E-state index contributed by atoms with van der Waals surface area (Å²) in [4.78, 5) is 25.0. The van der Waals surface area contributed by atoms with Crippen LogP contribution in [0, 0.1) is 12.3 Å². The SMILES string of the molecule is Cc1ccc(C(=O)NCC2(CC(=O)O)CCCCC2)s1. The number of carboxylic acids is 1. The molecule has 0 saturated heterocycles. The Hall–Kier alpha value is -1.36. The molecule has 5 heteroatoms. The second kappa shape index (κ2) is 6.39. The first-order valence-electron chi connectivity index (χ1n) is 7.07. The number of carbonyl (C=O) groups is 2. The van der Waals surface area contributed by atoms with Crippen LogP contribution in [0.3, 0.4) is 0 Å². The highest BCUT2D eigenvalue weighted by atomic mass is 32.1. The van der Waals surface area contributed by atoms with E-state index in [1.54, 1.807) is 0 Å². The summed E-state index contributed by atoms with van der Waals surface area (Å²) in [6.07, 6.45) is 5.21. The van der Waals surface area contributed by atoms with Crippen molar-refractivity contribution in [1.82, 2.24) is 5.32 Å². The fraction of sp³-hybridized carbons (Fsp3) is 0.600. The molecule has 0 aliphatic heterocycles. The molecule has 1 saturated carbocycles. The average Bonchev–Trinajstić information content (AvgIpc) is 2.83. The Morgan fingerprint density at radius 2 is 2.00 bits per heavy atom. The topological polar surface area (TPSA) is 66.4 Å². The highest BCUT2D eigenvalue weighted by Gasteiger charge is 2.34. The van der Waals surface area contributed by atoms with E-state index in [0.717, 1.165) is 30.6 Å². The van der Waals surface area contributed by atoms with E-state index < -0.39 is 5.97 Å². The summed E-state index contributed by atoms with van der Waals surface area (Å²) in [6.45, 7) is 2.43. The molecule has 0 atom stereocenters. The van der Waals surface area contributed by atoms with Crippen molar-refractivity contribution in [3.05, 3.63) is 21.9 Å². The summed E-state index contributed by atoms with van der Waals surface area (Å²) in [6, 6.07) is 3.74. The third-order valence-electron chi connectivity index (χ3n) is 4.03. The fourth-order valence-electron chi connectivity index (χ4n) is 2.95. The second-order valence-electron chi connectivity index (χ2n) is 5.72. The van der Waals surface area contributed by atoms with Gasteiger partial charge in [-0.25, -0.2) is 0 Å². The molecule has 4 nitrogen and oxygen atoms in total. The van der Waals surface area contributed by atoms with Gasteiger partial charge in [0.05, 0.1) is 11.3 Å². The van der Waals surface area contributed by atoms with Crippen molar-refractivity contribution in [2.75, 3.05) is 6.54 Å². The molecule has 110 valence electrons. The van der Waals surface area contributed by atoms with Crippen LogP contribution in [-0.4, -0.2) is 23.5 Å². The minimum atomic E-state index is -0.770. The van der Waals surface area contributed by atoms with Crippen molar-refractivity contribution < 1.29 is 14.7 Å². The quantitative estimate of drug-likeness (QED) is 0.876. The summed E-state index contributed by atoms with van der Waals surface area (Å²) in [5, 5.41) is 12.0. The predicted molar refractivity (Wildman–Crippen MR) is 79.2 cm³/mol. The van der Waals surface area contributed by atoms with E-state index in [-0.39, 0.29) is 17.7 Å². The first kappa shape index (κ1) is 15.0. The maximum atomic E-state index is 12.1. The number of amides is 1. The Morgan fingerprint density at radius 3 is 2.55 bits per heavy atom. The second-order valence-corrected chi connectivity index (χ2v) is 7.01. The van der Waals surface area contributed by atoms with Gasteiger partial charge in [0.15, 0.2) is 0 Å². The lowest BCUT2D eigenvalue weighted by atomic mass is 9.71. The summed E-state index contributed by atoms with van der Waals surface area (Å²) in [5.74, 6) is -0.855. The van der Waals surface area contributed by atoms with Gasteiger partial charge in [-0.3, -0.25) is 9.59 Å². The third-order valence-corrected chi connectivity index (χ3v) is 5.03. The third kappa shape index (κ3) is 3.82. The van der Waals surface area contributed by atoms with Crippen molar-refractivity contribution in [2.24, 2.45) is 5.41 Å². The number of carbonyl (C=O) groups excluding carboxylic acids is 1. The molecule has 2 rings (SSSR count). The molecular formula is C15H21NO3S. The summed E-state index contributed by atoms with van der Waals surface area (Å²) in [5.41, 5.74) is -0.258. The highest BCUT2D eigenvalue weighted by molar-refractivity contribution is 7.13. The van der Waals surface area contributed by atoms with Crippen LogP contribution in [0.1, 0.15) is 53.1 Å². The van der Waals surface area contributed by atoms with Gasteiger partial charge in [0.2, 0.25) is 0 Å². The van der Waals surface area contributed by atoms with Crippen LogP contribution in [-0.2, 0) is 4.79 Å². The molecule has 0 spiro atoms. The molecule has 20 heavy (non-hydrogen) atoms. The van der Waals surface area contributed by atoms with Crippen molar-refractivity contribution in [3.8, 4) is 0 Å². The number of hydrogen-bond acceptors (Lipinski definition) is 3. The Labute approximate surface area is 123 Å². The Bertz CT molecular complexity index is 489. The van der Waals surface area contributed by atoms with E-state index in [0.29, 0.717) is 11.4 Å². The first-order valence-corrected chi connectivity index (χ1v) is 7.89. The van der Waals surface area contributed by atoms with Crippen LogP contribution in [0.25, 0.3) is 0 Å². The molecule has 0 radical (unpaired) electrons. The molecular weight excluding hydrogens is 274 g/mol. The summed E-state index contributed by atoms with van der Waals surface area (Å²) >= 11 is 1.47. The van der Waals surface area contributed by atoms with Gasteiger partial charge in [0.25, 0.3) is 5.91 Å². The Morgan fingerprint density at radius 1 is 1.30 bits per heavy atom. The van der Waals surface area contributed by atoms with Crippen molar-refractivity contribution in [3.63, 3.8) is 0 Å². The molecule has 1 aromatic heterocycles. The number of rotatable bonds is 5. The van der Waals surface area contributed by atoms with Crippen LogP contribution in [0.2, 0.25) is 0 Å². The number of thiophene rings is 1. The summed E-state index contributed by atoms with van der Waals surface area (Å²) < 4.78 is 0. The molecule has 1 aromatic rings. The van der Waals surface area contributed by atoms with Gasteiger partial charge < -0.3 is 10.4 Å². The molecule has 0 aromatic carbocycles. The standard InChI is InChI=1S/C15H21NO3S/c1-11-5-6-12(20-11)14(19)16-10-15(9-13(17)18)7-3-2-4-8-15/h5-6H,2-4,7-10H2,1H3,(H,16,19)(H,17,18). The zero-order valence-electron chi connectivity index (χ0n) is 11.8. The van der Waals surface area contributed by atoms with Crippen LogP contribution < -0.4 is 5.32 Å². The zero-order valence-corrected chi connectivity index (χ0v) is 12.6. The largest absolute Gasteiger partial charge is 0.481 e.